The number of halogens is 1. The van der Waals surface area contributed by atoms with Crippen molar-refractivity contribution >= 4 is 17.6 Å². The molecule has 0 bridgehead atoms. The van der Waals surface area contributed by atoms with Gasteiger partial charge in [-0.1, -0.05) is 0 Å². The van der Waals surface area contributed by atoms with E-state index in [4.69, 9.17) is 16.3 Å². The highest BCUT2D eigenvalue weighted by atomic mass is 35.5. The lowest BCUT2D eigenvalue weighted by atomic mass is 10.4. The Morgan fingerprint density at radius 3 is 2.55 bits per heavy atom. The van der Waals surface area contributed by atoms with Crippen LogP contribution in [0.5, 0.6) is 0 Å². The van der Waals surface area contributed by atoms with Crippen LogP contribution in [-0.4, -0.2) is 31.2 Å². The highest BCUT2D eigenvalue weighted by Gasteiger charge is 2.15. The second-order valence-corrected chi connectivity index (χ2v) is 2.41. The van der Waals surface area contributed by atoms with Gasteiger partial charge in [0.1, 0.15) is 0 Å². The molecule has 0 N–H and O–H groups in total. The van der Waals surface area contributed by atoms with E-state index in [1.807, 2.05) is 6.92 Å². The lowest BCUT2D eigenvalue weighted by Gasteiger charge is -2.07. The lowest BCUT2D eigenvalue weighted by Crippen LogP contribution is -2.23. The second kappa shape index (κ2) is 6.43. The summed E-state index contributed by atoms with van der Waals surface area (Å²) in [7, 11) is 0. The Morgan fingerprint density at radius 2 is 2.09 bits per heavy atom. The molecule has 11 heavy (non-hydrogen) atoms. The Bertz CT molecular complexity index is 116. The predicted octanol–water partition coefficient (Wildman–Crippen LogP) is 1.19. The summed E-state index contributed by atoms with van der Waals surface area (Å²) in [4.78, 5) is 10.8. The molecule has 1 unspecified atom stereocenters. The molecule has 0 aromatic carbocycles. The summed E-state index contributed by atoms with van der Waals surface area (Å²) in [6.45, 7) is 4.71. The van der Waals surface area contributed by atoms with E-state index in [0.29, 0.717) is 13.2 Å². The largest absolute Gasteiger partial charge is 0.465 e. The SMILES string of the molecule is CCOCC(Cl)C(=O)OCC. The molecule has 0 rings (SSSR count). The van der Waals surface area contributed by atoms with Gasteiger partial charge >= 0.3 is 5.97 Å². The van der Waals surface area contributed by atoms with Gasteiger partial charge in [0.2, 0.25) is 0 Å². The monoisotopic (exact) mass is 180 g/mol. The molecule has 0 aromatic rings. The first-order valence-corrected chi connectivity index (χ1v) is 4.04. The molecule has 0 aliphatic heterocycles. The molecule has 3 nitrogen and oxygen atoms in total. The van der Waals surface area contributed by atoms with E-state index in [0.717, 1.165) is 0 Å². The summed E-state index contributed by atoms with van der Waals surface area (Å²) >= 11 is 5.59. The Labute approximate surface area is 71.6 Å². The number of carbonyl (C=O) groups excluding carboxylic acids is 1. The van der Waals surface area contributed by atoms with Crippen molar-refractivity contribution in [3.8, 4) is 0 Å². The zero-order chi connectivity index (χ0) is 8.69. The summed E-state index contributed by atoms with van der Waals surface area (Å²) in [5.41, 5.74) is 0. The van der Waals surface area contributed by atoms with Crippen LogP contribution in [0.4, 0.5) is 0 Å². The third-order valence-corrected chi connectivity index (χ3v) is 1.31. The fraction of sp³-hybridized carbons (Fsp3) is 0.857. The minimum absolute atomic E-state index is 0.219. The summed E-state index contributed by atoms with van der Waals surface area (Å²) in [6, 6.07) is 0. The zero-order valence-corrected chi connectivity index (χ0v) is 7.56. The van der Waals surface area contributed by atoms with Gasteiger partial charge in [-0.2, -0.15) is 0 Å². The molecule has 0 aliphatic carbocycles. The molecule has 0 radical (unpaired) electrons. The minimum atomic E-state index is -0.671. The Hall–Kier alpha value is -0.280. The van der Waals surface area contributed by atoms with Crippen molar-refractivity contribution in [2.24, 2.45) is 0 Å². The van der Waals surface area contributed by atoms with E-state index < -0.39 is 11.3 Å². The van der Waals surface area contributed by atoms with Crippen molar-refractivity contribution in [1.29, 1.82) is 0 Å². The Morgan fingerprint density at radius 1 is 1.45 bits per heavy atom. The summed E-state index contributed by atoms with van der Waals surface area (Å²) in [5, 5.41) is -0.671. The van der Waals surface area contributed by atoms with E-state index in [-0.39, 0.29) is 6.61 Å². The van der Waals surface area contributed by atoms with Crippen LogP contribution in [0.1, 0.15) is 13.8 Å². The molecule has 0 saturated heterocycles. The van der Waals surface area contributed by atoms with Crippen molar-refractivity contribution < 1.29 is 14.3 Å². The standard InChI is InChI=1S/C7H13ClO3/c1-3-10-5-6(8)7(9)11-4-2/h6H,3-5H2,1-2H3. The van der Waals surface area contributed by atoms with Crippen LogP contribution in [-0.2, 0) is 14.3 Å². The van der Waals surface area contributed by atoms with Crippen LogP contribution in [0.15, 0.2) is 0 Å². The molecule has 0 aliphatic rings. The smallest absolute Gasteiger partial charge is 0.326 e. The maximum absolute atomic E-state index is 10.8. The zero-order valence-electron chi connectivity index (χ0n) is 6.80. The van der Waals surface area contributed by atoms with Gasteiger partial charge in [-0.05, 0) is 13.8 Å². The third kappa shape index (κ3) is 5.04. The lowest BCUT2D eigenvalue weighted by molar-refractivity contribution is -0.143. The van der Waals surface area contributed by atoms with E-state index in [9.17, 15) is 4.79 Å². The third-order valence-electron chi connectivity index (χ3n) is 1.01. The summed E-state index contributed by atoms with van der Waals surface area (Å²) < 4.78 is 9.58. The predicted molar refractivity (Wildman–Crippen MR) is 42.8 cm³/mol. The van der Waals surface area contributed by atoms with Crippen LogP contribution in [0.3, 0.4) is 0 Å². The average Bonchev–Trinajstić information content (AvgIpc) is 2.00. The maximum Gasteiger partial charge on any atom is 0.326 e. The van der Waals surface area contributed by atoms with Crippen molar-refractivity contribution in [2.75, 3.05) is 19.8 Å². The van der Waals surface area contributed by atoms with Crippen molar-refractivity contribution in [2.45, 2.75) is 19.2 Å². The van der Waals surface area contributed by atoms with Gasteiger partial charge in [-0.3, -0.25) is 4.79 Å². The fourth-order valence-corrected chi connectivity index (χ4v) is 0.674. The fourth-order valence-electron chi connectivity index (χ4n) is 0.522. The van der Waals surface area contributed by atoms with Gasteiger partial charge in [0.05, 0.1) is 13.2 Å². The van der Waals surface area contributed by atoms with Crippen LogP contribution in [0, 0.1) is 0 Å². The molecule has 0 spiro atoms. The van der Waals surface area contributed by atoms with E-state index >= 15 is 0 Å². The highest BCUT2D eigenvalue weighted by molar-refractivity contribution is 6.30. The molecular weight excluding hydrogens is 168 g/mol. The summed E-state index contributed by atoms with van der Waals surface area (Å²) in [5.74, 6) is -0.414. The van der Waals surface area contributed by atoms with Crippen molar-refractivity contribution in [3.63, 3.8) is 0 Å². The molecule has 0 amide bonds. The number of hydrogen-bond donors (Lipinski definition) is 0. The van der Waals surface area contributed by atoms with Gasteiger partial charge < -0.3 is 9.47 Å². The molecule has 0 fully saturated rings. The number of hydrogen-bond acceptors (Lipinski definition) is 3. The quantitative estimate of drug-likeness (QED) is 0.471. The highest BCUT2D eigenvalue weighted by Crippen LogP contribution is 1.99. The molecule has 0 saturated carbocycles. The van der Waals surface area contributed by atoms with Gasteiger partial charge in [-0.25, -0.2) is 0 Å². The van der Waals surface area contributed by atoms with Crippen molar-refractivity contribution in [1.82, 2.24) is 0 Å². The van der Waals surface area contributed by atoms with Gasteiger partial charge in [0.15, 0.2) is 5.38 Å². The average molecular weight is 181 g/mol. The molecule has 0 heterocycles. The van der Waals surface area contributed by atoms with E-state index in [1.54, 1.807) is 6.92 Å². The summed E-state index contributed by atoms with van der Waals surface area (Å²) in [6.07, 6.45) is 0. The van der Waals surface area contributed by atoms with Crippen molar-refractivity contribution in [3.05, 3.63) is 0 Å². The van der Waals surface area contributed by atoms with Gasteiger partial charge in [0.25, 0.3) is 0 Å². The number of rotatable bonds is 5. The number of carbonyl (C=O) groups is 1. The van der Waals surface area contributed by atoms with Crippen LogP contribution >= 0.6 is 11.6 Å². The Kier molecular flexibility index (Phi) is 6.27. The second-order valence-electron chi connectivity index (χ2n) is 1.88. The first kappa shape index (κ1) is 10.7. The van der Waals surface area contributed by atoms with Gasteiger partial charge in [0, 0.05) is 6.61 Å². The minimum Gasteiger partial charge on any atom is -0.465 e. The molecule has 4 heteroatoms. The number of esters is 1. The first-order chi connectivity index (χ1) is 5.22. The van der Waals surface area contributed by atoms with Crippen LogP contribution < -0.4 is 0 Å². The molecule has 66 valence electrons. The van der Waals surface area contributed by atoms with E-state index in [2.05, 4.69) is 4.74 Å². The topological polar surface area (TPSA) is 35.5 Å². The maximum atomic E-state index is 10.8. The van der Waals surface area contributed by atoms with Crippen LogP contribution in [0.2, 0.25) is 0 Å². The van der Waals surface area contributed by atoms with Gasteiger partial charge in [-0.15, -0.1) is 11.6 Å². The Balaban J connectivity index is 3.46. The molecule has 0 aromatic heterocycles. The first-order valence-electron chi connectivity index (χ1n) is 3.60. The van der Waals surface area contributed by atoms with Crippen LogP contribution in [0.25, 0.3) is 0 Å². The molecule has 1 atom stereocenters. The normalized spacial score (nSPS) is 12.6. The molecular formula is C7H13ClO3. The number of ether oxygens (including phenoxy) is 2. The number of alkyl halides is 1. The van der Waals surface area contributed by atoms with E-state index in [1.165, 1.54) is 0 Å².